The number of halogens is 1. The first-order chi connectivity index (χ1) is 7.11. The molecule has 0 saturated carbocycles. The Morgan fingerprint density at radius 2 is 1.87 bits per heavy atom. The number of alkyl halides is 1. The van der Waals surface area contributed by atoms with Crippen LogP contribution in [0.5, 0.6) is 0 Å². The summed E-state index contributed by atoms with van der Waals surface area (Å²) in [4.78, 5) is 15.7. The van der Waals surface area contributed by atoms with Crippen molar-refractivity contribution in [3.8, 4) is 0 Å². The molecular formula is C11H23ClN2O. The molecule has 0 aliphatic carbocycles. The second-order valence-electron chi connectivity index (χ2n) is 3.92. The molecule has 0 radical (unpaired) electrons. The van der Waals surface area contributed by atoms with Crippen LogP contribution < -0.4 is 0 Å². The first kappa shape index (κ1) is 14.7. The lowest BCUT2D eigenvalue weighted by Crippen LogP contribution is -2.33. The van der Waals surface area contributed by atoms with E-state index in [4.69, 9.17) is 11.6 Å². The van der Waals surface area contributed by atoms with E-state index in [0.717, 1.165) is 32.5 Å². The molecule has 3 nitrogen and oxygen atoms in total. The van der Waals surface area contributed by atoms with E-state index in [1.165, 1.54) is 0 Å². The lowest BCUT2D eigenvalue weighted by molar-refractivity contribution is -0.131. The topological polar surface area (TPSA) is 23.6 Å². The SMILES string of the molecule is CCN(CCCN(C)C)C(=O)CCCCl. The molecule has 90 valence electrons. The Morgan fingerprint density at radius 3 is 2.33 bits per heavy atom. The van der Waals surface area contributed by atoms with Crippen molar-refractivity contribution < 1.29 is 4.79 Å². The third kappa shape index (κ3) is 7.63. The maximum absolute atomic E-state index is 11.7. The molecule has 0 unspecified atom stereocenters. The molecule has 1 amide bonds. The average molecular weight is 235 g/mol. The molecule has 0 N–H and O–H groups in total. The van der Waals surface area contributed by atoms with Gasteiger partial charge in [0.1, 0.15) is 0 Å². The van der Waals surface area contributed by atoms with E-state index in [-0.39, 0.29) is 5.91 Å². The summed E-state index contributed by atoms with van der Waals surface area (Å²) in [6.45, 7) is 4.71. The second kappa shape index (κ2) is 8.98. The lowest BCUT2D eigenvalue weighted by Gasteiger charge is -2.21. The van der Waals surface area contributed by atoms with Gasteiger partial charge in [-0.05, 0) is 40.4 Å². The molecule has 0 aromatic carbocycles. The second-order valence-corrected chi connectivity index (χ2v) is 4.30. The first-order valence-corrected chi connectivity index (χ1v) is 6.13. The number of hydrogen-bond donors (Lipinski definition) is 0. The average Bonchev–Trinajstić information content (AvgIpc) is 2.20. The van der Waals surface area contributed by atoms with Gasteiger partial charge in [0.25, 0.3) is 0 Å². The van der Waals surface area contributed by atoms with Crippen LogP contribution in [-0.4, -0.2) is 55.3 Å². The molecule has 0 heterocycles. The Bertz CT molecular complexity index is 174. The molecule has 0 spiro atoms. The van der Waals surface area contributed by atoms with E-state index in [2.05, 4.69) is 4.90 Å². The first-order valence-electron chi connectivity index (χ1n) is 5.60. The normalized spacial score (nSPS) is 10.7. The highest BCUT2D eigenvalue weighted by molar-refractivity contribution is 6.17. The number of amides is 1. The highest BCUT2D eigenvalue weighted by Gasteiger charge is 2.10. The van der Waals surface area contributed by atoms with Gasteiger partial charge in [0, 0.05) is 25.4 Å². The van der Waals surface area contributed by atoms with Crippen molar-refractivity contribution in [3.05, 3.63) is 0 Å². The predicted molar refractivity (Wildman–Crippen MR) is 65.4 cm³/mol. The van der Waals surface area contributed by atoms with Gasteiger partial charge in [-0.15, -0.1) is 11.6 Å². The van der Waals surface area contributed by atoms with Gasteiger partial charge in [0.2, 0.25) is 5.91 Å². The quantitative estimate of drug-likeness (QED) is 0.598. The molecule has 0 aromatic rings. The summed E-state index contributed by atoms with van der Waals surface area (Å²) in [7, 11) is 4.09. The van der Waals surface area contributed by atoms with Crippen LogP contribution >= 0.6 is 11.6 Å². The molecule has 0 rings (SSSR count). The fourth-order valence-electron chi connectivity index (χ4n) is 1.41. The molecule has 0 saturated heterocycles. The zero-order valence-electron chi connectivity index (χ0n) is 10.1. The Labute approximate surface area is 98.4 Å². The van der Waals surface area contributed by atoms with Crippen molar-refractivity contribution in [1.29, 1.82) is 0 Å². The van der Waals surface area contributed by atoms with Gasteiger partial charge in [-0.3, -0.25) is 4.79 Å². The van der Waals surface area contributed by atoms with Gasteiger partial charge in [0.05, 0.1) is 0 Å². The third-order valence-electron chi connectivity index (χ3n) is 2.29. The van der Waals surface area contributed by atoms with Gasteiger partial charge in [-0.1, -0.05) is 0 Å². The smallest absolute Gasteiger partial charge is 0.222 e. The third-order valence-corrected chi connectivity index (χ3v) is 2.56. The van der Waals surface area contributed by atoms with Crippen LogP contribution in [0.1, 0.15) is 26.2 Å². The van der Waals surface area contributed by atoms with E-state index in [9.17, 15) is 4.79 Å². The van der Waals surface area contributed by atoms with Gasteiger partial charge < -0.3 is 9.80 Å². The summed E-state index contributed by atoms with van der Waals surface area (Å²) < 4.78 is 0. The largest absolute Gasteiger partial charge is 0.343 e. The molecule has 4 heteroatoms. The zero-order valence-corrected chi connectivity index (χ0v) is 10.9. The monoisotopic (exact) mass is 234 g/mol. The summed E-state index contributed by atoms with van der Waals surface area (Å²) >= 11 is 5.56. The van der Waals surface area contributed by atoms with Crippen molar-refractivity contribution in [2.75, 3.05) is 39.6 Å². The number of carbonyl (C=O) groups is 1. The highest BCUT2D eigenvalue weighted by atomic mass is 35.5. The van der Waals surface area contributed by atoms with Crippen molar-refractivity contribution >= 4 is 17.5 Å². The number of hydrogen-bond acceptors (Lipinski definition) is 2. The van der Waals surface area contributed by atoms with Crippen molar-refractivity contribution in [2.24, 2.45) is 0 Å². The Morgan fingerprint density at radius 1 is 1.20 bits per heavy atom. The summed E-state index contributed by atoms with van der Waals surface area (Å²) in [5.74, 6) is 0.804. The minimum Gasteiger partial charge on any atom is -0.343 e. The number of rotatable bonds is 8. The van der Waals surface area contributed by atoms with Crippen LogP contribution in [0.25, 0.3) is 0 Å². The van der Waals surface area contributed by atoms with Crippen LogP contribution in [0.15, 0.2) is 0 Å². The van der Waals surface area contributed by atoms with Crippen LogP contribution in [0.3, 0.4) is 0 Å². The van der Waals surface area contributed by atoms with Crippen molar-refractivity contribution in [3.63, 3.8) is 0 Å². The van der Waals surface area contributed by atoms with E-state index < -0.39 is 0 Å². The molecule has 0 aromatic heterocycles. The Kier molecular flexibility index (Phi) is 8.82. The number of carbonyl (C=O) groups excluding carboxylic acids is 1. The molecular weight excluding hydrogens is 212 g/mol. The fourth-order valence-corrected chi connectivity index (χ4v) is 1.55. The molecule has 0 atom stereocenters. The summed E-state index contributed by atoms with van der Waals surface area (Å²) in [5.41, 5.74) is 0. The molecule has 0 aliphatic rings. The maximum atomic E-state index is 11.7. The van der Waals surface area contributed by atoms with E-state index >= 15 is 0 Å². The summed E-state index contributed by atoms with van der Waals surface area (Å²) in [5, 5.41) is 0. The molecule has 0 aliphatic heterocycles. The van der Waals surface area contributed by atoms with Crippen molar-refractivity contribution in [1.82, 2.24) is 9.80 Å². The van der Waals surface area contributed by atoms with Gasteiger partial charge in [-0.25, -0.2) is 0 Å². The molecule has 15 heavy (non-hydrogen) atoms. The van der Waals surface area contributed by atoms with Gasteiger partial charge in [0.15, 0.2) is 0 Å². The zero-order chi connectivity index (χ0) is 11.7. The van der Waals surface area contributed by atoms with Crippen LogP contribution in [0, 0.1) is 0 Å². The van der Waals surface area contributed by atoms with Crippen LogP contribution in [-0.2, 0) is 4.79 Å². The van der Waals surface area contributed by atoms with E-state index in [0.29, 0.717) is 12.3 Å². The van der Waals surface area contributed by atoms with Crippen molar-refractivity contribution in [2.45, 2.75) is 26.2 Å². The van der Waals surface area contributed by atoms with Gasteiger partial charge in [-0.2, -0.15) is 0 Å². The Hall–Kier alpha value is -0.280. The Balaban J connectivity index is 3.75. The molecule has 0 bridgehead atoms. The standard InChI is InChI=1S/C11H23ClN2O/c1-4-14(10-6-9-13(2)3)11(15)7-5-8-12/h4-10H2,1-3H3. The van der Waals surface area contributed by atoms with Crippen LogP contribution in [0.4, 0.5) is 0 Å². The number of nitrogens with zero attached hydrogens (tertiary/aromatic N) is 2. The highest BCUT2D eigenvalue weighted by Crippen LogP contribution is 2.01. The predicted octanol–water partition coefficient (Wildman–Crippen LogP) is 1.81. The fraction of sp³-hybridized carbons (Fsp3) is 0.909. The molecule has 0 fully saturated rings. The minimum atomic E-state index is 0.233. The summed E-state index contributed by atoms with van der Waals surface area (Å²) in [6, 6.07) is 0. The van der Waals surface area contributed by atoms with E-state index in [1.807, 2.05) is 25.9 Å². The van der Waals surface area contributed by atoms with Gasteiger partial charge >= 0.3 is 0 Å². The summed E-state index contributed by atoms with van der Waals surface area (Å²) in [6.07, 6.45) is 2.40. The lowest BCUT2D eigenvalue weighted by atomic mass is 10.2. The van der Waals surface area contributed by atoms with Crippen LogP contribution in [0.2, 0.25) is 0 Å². The van der Waals surface area contributed by atoms with E-state index in [1.54, 1.807) is 0 Å². The minimum absolute atomic E-state index is 0.233. The maximum Gasteiger partial charge on any atom is 0.222 e.